The van der Waals surface area contributed by atoms with Crippen molar-refractivity contribution in [1.82, 2.24) is 4.90 Å². The Kier molecular flexibility index (Phi) is 6.08. The van der Waals surface area contributed by atoms with Crippen molar-refractivity contribution in [1.29, 1.82) is 0 Å². The molecule has 0 N–H and O–H groups in total. The molecule has 3 atom stereocenters. The Morgan fingerprint density at radius 1 is 1.21 bits per heavy atom. The zero-order chi connectivity index (χ0) is 20.4. The van der Waals surface area contributed by atoms with E-state index in [0.717, 1.165) is 28.0 Å². The van der Waals surface area contributed by atoms with E-state index in [1.165, 1.54) is 4.90 Å². The van der Waals surface area contributed by atoms with E-state index in [1.807, 2.05) is 63.2 Å². The minimum Gasteiger partial charge on any atom is -0.497 e. The van der Waals surface area contributed by atoms with E-state index in [-0.39, 0.29) is 18.4 Å². The van der Waals surface area contributed by atoms with Crippen LogP contribution >= 0.6 is 15.9 Å². The second-order valence-corrected chi connectivity index (χ2v) is 8.06. The fourth-order valence-electron chi connectivity index (χ4n) is 3.85. The molecule has 0 unspecified atom stereocenters. The number of carbonyl (C=O) groups excluding carboxylic acids is 2. The van der Waals surface area contributed by atoms with Gasteiger partial charge in [0.05, 0.1) is 7.11 Å². The summed E-state index contributed by atoms with van der Waals surface area (Å²) in [5.74, 6) is 0.359. The predicted octanol–water partition coefficient (Wildman–Crippen LogP) is 4.90. The molecule has 1 fully saturated rings. The van der Waals surface area contributed by atoms with E-state index >= 15 is 0 Å². The lowest BCUT2D eigenvalue weighted by Crippen LogP contribution is -2.41. The zero-order valence-electron chi connectivity index (χ0n) is 16.4. The molecule has 1 heterocycles. The lowest BCUT2D eigenvalue weighted by atomic mass is 9.89. The van der Waals surface area contributed by atoms with Gasteiger partial charge in [0.1, 0.15) is 23.2 Å². The molecule has 0 saturated carbocycles. The Morgan fingerprint density at radius 2 is 1.82 bits per heavy atom. The summed E-state index contributed by atoms with van der Waals surface area (Å²) in [6.45, 7) is 6.16. The summed E-state index contributed by atoms with van der Waals surface area (Å²) < 4.78 is 10.5. The zero-order valence-corrected chi connectivity index (χ0v) is 18.0. The monoisotopic (exact) mass is 445 g/mol. The maximum Gasteiger partial charge on any atom is 0.417 e. The Morgan fingerprint density at radius 3 is 2.39 bits per heavy atom. The summed E-state index contributed by atoms with van der Waals surface area (Å²) >= 11 is 3.56. The van der Waals surface area contributed by atoms with Crippen molar-refractivity contribution in [3.8, 4) is 5.75 Å². The molecule has 0 aliphatic carbocycles. The number of methoxy groups -OCH3 is 1. The third-order valence-corrected chi connectivity index (χ3v) is 6.41. The molecule has 2 aromatic carbocycles. The number of hydrogen-bond donors (Lipinski definition) is 0. The smallest absolute Gasteiger partial charge is 0.417 e. The topological polar surface area (TPSA) is 55.8 Å². The molecule has 0 radical (unpaired) electrons. The van der Waals surface area contributed by atoms with Gasteiger partial charge in [0.2, 0.25) is 5.91 Å². The van der Waals surface area contributed by atoms with Crippen LogP contribution in [0, 0.1) is 13.8 Å². The van der Waals surface area contributed by atoms with Crippen LogP contribution in [0.5, 0.6) is 5.75 Å². The first-order chi connectivity index (χ1) is 13.3. The van der Waals surface area contributed by atoms with Crippen molar-refractivity contribution in [2.24, 2.45) is 0 Å². The third-order valence-electron chi connectivity index (χ3n) is 5.23. The number of nitrogens with zero attached hydrogens (tertiary/aromatic N) is 1. The highest BCUT2D eigenvalue weighted by Gasteiger charge is 2.42. The molecular formula is C22H24BrNO4. The summed E-state index contributed by atoms with van der Waals surface area (Å²) in [6.07, 6.45) is -0.598. The lowest BCUT2D eigenvalue weighted by Gasteiger charge is -2.27. The second kappa shape index (κ2) is 8.35. The molecule has 0 spiro atoms. The summed E-state index contributed by atoms with van der Waals surface area (Å²) in [4.78, 5) is 26.3. The third kappa shape index (κ3) is 3.78. The van der Waals surface area contributed by atoms with Crippen molar-refractivity contribution < 1.29 is 19.1 Å². The molecule has 0 bridgehead atoms. The maximum absolute atomic E-state index is 13.3. The number of amides is 2. The summed E-state index contributed by atoms with van der Waals surface area (Å²) in [5.41, 5.74) is 4.04. The van der Waals surface area contributed by atoms with Crippen LogP contribution in [0.4, 0.5) is 4.79 Å². The van der Waals surface area contributed by atoms with Crippen LogP contribution in [0.15, 0.2) is 42.5 Å². The van der Waals surface area contributed by atoms with Crippen molar-refractivity contribution in [3.63, 3.8) is 0 Å². The van der Waals surface area contributed by atoms with Gasteiger partial charge in [0.25, 0.3) is 0 Å². The molecule has 6 heteroatoms. The van der Waals surface area contributed by atoms with E-state index in [0.29, 0.717) is 0 Å². The first-order valence-corrected chi connectivity index (χ1v) is 10.1. The number of cyclic esters (lactones) is 1. The first-order valence-electron chi connectivity index (χ1n) is 9.19. The van der Waals surface area contributed by atoms with Gasteiger partial charge in [0, 0.05) is 5.92 Å². The molecule has 1 aliphatic rings. The van der Waals surface area contributed by atoms with E-state index in [2.05, 4.69) is 15.9 Å². The minimum atomic E-state index is -0.598. The van der Waals surface area contributed by atoms with Crippen LogP contribution in [-0.2, 0) is 9.53 Å². The molecule has 28 heavy (non-hydrogen) atoms. The summed E-state index contributed by atoms with van der Waals surface area (Å²) in [5, 5.41) is 0. The van der Waals surface area contributed by atoms with Crippen molar-refractivity contribution in [2.75, 3.05) is 13.7 Å². The number of rotatable bonds is 5. The van der Waals surface area contributed by atoms with Gasteiger partial charge in [-0.1, -0.05) is 53.2 Å². The van der Waals surface area contributed by atoms with Gasteiger partial charge in [-0.2, -0.15) is 0 Å². The van der Waals surface area contributed by atoms with E-state index < -0.39 is 17.0 Å². The lowest BCUT2D eigenvalue weighted by molar-refractivity contribution is -0.128. The summed E-state index contributed by atoms with van der Waals surface area (Å²) in [6, 6.07) is 13.0. The van der Waals surface area contributed by atoms with Gasteiger partial charge >= 0.3 is 6.09 Å². The Balaban J connectivity index is 1.88. The maximum atomic E-state index is 13.3. The fourth-order valence-corrected chi connectivity index (χ4v) is 4.33. The Hall–Kier alpha value is -2.34. The minimum absolute atomic E-state index is 0.136. The molecule has 3 rings (SSSR count). The van der Waals surface area contributed by atoms with E-state index in [1.54, 1.807) is 7.11 Å². The largest absolute Gasteiger partial charge is 0.497 e. The number of alkyl halides is 1. The Bertz CT molecular complexity index is 860. The number of carbonyl (C=O) groups is 2. The first kappa shape index (κ1) is 20.4. The van der Waals surface area contributed by atoms with Crippen LogP contribution < -0.4 is 4.74 Å². The molecule has 0 aromatic heterocycles. The quantitative estimate of drug-likeness (QED) is 0.614. The highest BCUT2D eigenvalue weighted by molar-refractivity contribution is 9.10. The van der Waals surface area contributed by atoms with Crippen molar-refractivity contribution in [3.05, 3.63) is 64.7 Å². The molecule has 1 aliphatic heterocycles. The van der Waals surface area contributed by atoms with E-state index in [9.17, 15) is 9.59 Å². The average Bonchev–Trinajstić information content (AvgIpc) is 3.08. The summed E-state index contributed by atoms with van der Waals surface area (Å²) in [7, 11) is 1.64. The van der Waals surface area contributed by atoms with Gasteiger partial charge in [-0.15, -0.1) is 0 Å². The number of benzene rings is 2. The van der Waals surface area contributed by atoms with Gasteiger partial charge in [0.15, 0.2) is 0 Å². The number of hydrogen-bond acceptors (Lipinski definition) is 4. The Labute approximate surface area is 173 Å². The average molecular weight is 446 g/mol. The predicted molar refractivity (Wildman–Crippen MR) is 111 cm³/mol. The van der Waals surface area contributed by atoms with Gasteiger partial charge < -0.3 is 9.47 Å². The van der Waals surface area contributed by atoms with Crippen LogP contribution in [0.1, 0.15) is 41.1 Å². The molecule has 1 saturated heterocycles. The normalized spacial score (nSPS) is 18.5. The highest BCUT2D eigenvalue weighted by Crippen LogP contribution is 2.36. The molecule has 148 valence electrons. The van der Waals surface area contributed by atoms with Crippen LogP contribution in [0.3, 0.4) is 0 Å². The standard InChI is InChI=1S/C22H24BrNO4/c1-13-10-17(27-4)11-14(2)19(13)15(3)20(23)21(25)24-18(12-28-22(24)26)16-8-6-5-7-9-16/h5-11,15,18,20H,12H2,1-4H3/t15-,18-,20+/m0/s1. The van der Waals surface area contributed by atoms with Crippen molar-refractivity contribution >= 4 is 27.9 Å². The van der Waals surface area contributed by atoms with E-state index in [4.69, 9.17) is 9.47 Å². The van der Waals surface area contributed by atoms with Crippen LogP contribution in [-0.4, -0.2) is 35.4 Å². The van der Waals surface area contributed by atoms with Gasteiger partial charge in [-0.3, -0.25) is 4.79 Å². The molecular weight excluding hydrogens is 422 g/mol. The van der Waals surface area contributed by atoms with Gasteiger partial charge in [-0.25, -0.2) is 9.69 Å². The van der Waals surface area contributed by atoms with Crippen LogP contribution in [0.2, 0.25) is 0 Å². The number of ether oxygens (including phenoxy) is 2. The van der Waals surface area contributed by atoms with Crippen molar-refractivity contribution in [2.45, 2.75) is 37.6 Å². The molecule has 2 aromatic rings. The number of halogens is 1. The molecule has 5 nitrogen and oxygen atoms in total. The highest BCUT2D eigenvalue weighted by atomic mass is 79.9. The second-order valence-electron chi connectivity index (χ2n) is 7.08. The number of aryl methyl sites for hydroxylation is 2. The SMILES string of the molecule is COc1cc(C)c([C@H](C)[C@@H](Br)C(=O)N2C(=O)OC[C@H]2c2ccccc2)c(C)c1. The fraction of sp³-hybridized carbons (Fsp3) is 0.364. The van der Waals surface area contributed by atoms with Crippen LogP contribution in [0.25, 0.3) is 0 Å². The van der Waals surface area contributed by atoms with Gasteiger partial charge in [-0.05, 0) is 48.2 Å². The molecule has 2 amide bonds. The number of imide groups is 1.